The van der Waals surface area contributed by atoms with Crippen LogP contribution in [0.2, 0.25) is 0 Å². The lowest BCUT2D eigenvalue weighted by Crippen LogP contribution is -2.48. The highest BCUT2D eigenvalue weighted by atomic mass is 35.5. The van der Waals surface area contributed by atoms with Gasteiger partial charge in [-0.2, -0.15) is 0 Å². The zero-order chi connectivity index (χ0) is 16.6. The van der Waals surface area contributed by atoms with Gasteiger partial charge in [0, 0.05) is 7.11 Å². The molecule has 122 valence electrons. The average Bonchev–Trinajstić information content (AvgIpc) is 3.39. The summed E-state index contributed by atoms with van der Waals surface area (Å²) in [6.45, 7) is 0. The van der Waals surface area contributed by atoms with Crippen molar-refractivity contribution < 1.29 is 18.7 Å². The van der Waals surface area contributed by atoms with Crippen LogP contribution in [0.1, 0.15) is 18.4 Å². The van der Waals surface area contributed by atoms with Crippen LogP contribution >= 0.6 is 11.6 Å². The predicted octanol–water partition coefficient (Wildman–Crippen LogP) is 3.72. The van der Waals surface area contributed by atoms with Gasteiger partial charge in [-0.3, -0.25) is 0 Å². The van der Waals surface area contributed by atoms with E-state index in [9.17, 15) is 9.18 Å². The number of methoxy groups -OCH3 is 2. The van der Waals surface area contributed by atoms with E-state index in [1.165, 1.54) is 26.4 Å². The summed E-state index contributed by atoms with van der Waals surface area (Å²) in [5.74, 6) is -0.546. The maximum atomic E-state index is 13.3. The fourth-order valence-corrected chi connectivity index (χ4v) is 3.55. The van der Waals surface area contributed by atoms with Crippen LogP contribution in [0.15, 0.2) is 42.0 Å². The highest BCUT2D eigenvalue weighted by molar-refractivity contribution is 6.42. The molecule has 1 saturated carbocycles. The molecule has 0 amide bonds. The zero-order valence-corrected chi connectivity index (χ0v) is 13.8. The Morgan fingerprint density at radius 3 is 2.43 bits per heavy atom. The second-order valence-electron chi connectivity index (χ2n) is 5.83. The summed E-state index contributed by atoms with van der Waals surface area (Å²) in [5, 5.41) is 0. The van der Waals surface area contributed by atoms with Gasteiger partial charge in [0.05, 0.1) is 7.11 Å². The summed E-state index contributed by atoms with van der Waals surface area (Å²) >= 11 is 6.80. The molecule has 2 aliphatic rings. The molecule has 0 N–H and O–H groups in total. The molecule has 0 saturated heterocycles. The Hall–Kier alpha value is -1.65. The summed E-state index contributed by atoms with van der Waals surface area (Å²) in [6.07, 6.45) is 5.21. The van der Waals surface area contributed by atoms with Crippen LogP contribution in [-0.2, 0) is 14.3 Å². The Balaban J connectivity index is 2.21. The molecule has 3 rings (SSSR count). The fraction of sp³-hybridized carbons (Fsp3) is 0.389. The molecule has 1 aromatic carbocycles. The summed E-state index contributed by atoms with van der Waals surface area (Å²) in [7, 11) is 2.80. The second kappa shape index (κ2) is 6.10. The van der Waals surface area contributed by atoms with Crippen molar-refractivity contribution in [2.75, 3.05) is 14.2 Å². The lowest BCUT2D eigenvalue weighted by Gasteiger charge is -2.37. The molecular formula is C18H18ClFO3. The van der Waals surface area contributed by atoms with Crippen molar-refractivity contribution in [1.29, 1.82) is 0 Å². The minimum absolute atomic E-state index is 0.338. The highest BCUT2D eigenvalue weighted by Crippen LogP contribution is 2.50. The SMILES string of the molecule is COC(=O)C1(Cl)C(c2ccc(F)cc2)=C(C2CC2)C=CC1OC. The summed E-state index contributed by atoms with van der Waals surface area (Å²) in [4.78, 5) is 11.0. The van der Waals surface area contributed by atoms with E-state index < -0.39 is 16.9 Å². The normalized spacial score (nSPS) is 27.2. The van der Waals surface area contributed by atoms with Crippen LogP contribution in [0.4, 0.5) is 4.39 Å². The first-order valence-corrected chi connectivity index (χ1v) is 7.89. The molecule has 3 nitrogen and oxygen atoms in total. The number of hydrogen-bond acceptors (Lipinski definition) is 3. The smallest absolute Gasteiger partial charge is 0.334 e. The van der Waals surface area contributed by atoms with Gasteiger partial charge in [0.15, 0.2) is 4.87 Å². The van der Waals surface area contributed by atoms with E-state index >= 15 is 0 Å². The number of hydrogen-bond donors (Lipinski definition) is 0. The third kappa shape index (κ3) is 2.70. The van der Waals surface area contributed by atoms with Crippen LogP contribution in [0, 0.1) is 11.7 Å². The van der Waals surface area contributed by atoms with Crippen LogP contribution in [-0.4, -0.2) is 31.2 Å². The van der Waals surface area contributed by atoms with Crippen LogP contribution in [0.5, 0.6) is 0 Å². The predicted molar refractivity (Wildman–Crippen MR) is 86.6 cm³/mol. The van der Waals surface area contributed by atoms with E-state index in [0.717, 1.165) is 18.4 Å². The number of esters is 1. The molecule has 0 bridgehead atoms. The molecule has 0 heterocycles. The standard InChI is InChI=1S/C18H18ClFO3/c1-22-15-10-9-14(11-3-4-11)16(18(15,19)17(21)23-2)12-5-7-13(20)8-6-12/h5-11,15H,3-4H2,1-2H3. The summed E-state index contributed by atoms with van der Waals surface area (Å²) in [6, 6.07) is 6.00. The van der Waals surface area contributed by atoms with E-state index in [1.54, 1.807) is 18.2 Å². The van der Waals surface area contributed by atoms with Gasteiger partial charge in [0.25, 0.3) is 0 Å². The first-order chi connectivity index (χ1) is 11.0. The van der Waals surface area contributed by atoms with Gasteiger partial charge in [-0.15, -0.1) is 0 Å². The molecule has 2 atom stereocenters. The molecule has 1 aromatic rings. The fourth-order valence-electron chi connectivity index (χ4n) is 3.09. The third-order valence-electron chi connectivity index (χ3n) is 4.38. The number of ether oxygens (including phenoxy) is 2. The molecule has 0 radical (unpaired) electrons. The molecule has 0 aliphatic heterocycles. The molecule has 0 spiro atoms. The lowest BCUT2D eigenvalue weighted by molar-refractivity contribution is -0.144. The number of halogens is 2. The van der Waals surface area contributed by atoms with Crippen LogP contribution in [0.3, 0.4) is 0 Å². The van der Waals surface area contributed by atoms with E-state index in [-0.39, 0.29) is 5.82 Å². The van der Waals surface area contributed by atoms with E-state index in [2.05, 4.69) is 0 Å². The van der Waals surface area contributed by atoms with Crippen molar-refractivity contribution in [3.05, 3.63) is 53.4 Å². The quantitative estimate of drug-likeness (QED) is 0.621. The van der Waals surface area contributed by atoms with Crippen molar-refractivity contribution >= 4 is 23.1 Å². The lowest BCUT2D eigenvalue weighted by atomic mass is 9.78. The number of carbonyl (C=O) groups excluding carboxylic acids is 1. The Morgan fingerprint density at radius 1 is 1.26 bits per heavy atom. The molecule has 1 fully saturated rings. The summed E-state index contributed by atoms with van der Waals surface area (Å²) in [5.41, 5.74) is 2.37. The highest BCUT2D eigenvalue weighted by Gasteiger charge is 2.52. The second-order valence-corrected chi connectivity index (χ2v) is 6.43. The molecule has 2 aliphatic carbocycles. The number of alkyl halides is 1. The number of allylic oxidation sites excluding steroid dienone is 2. The van der Waals surface area contributed by atoms with Crippen molar-refractivity contribution in [3.8, 4) is 0 Å². The Kier molecular flexibility index (Phi) is 4.30. The topological polar surface area (TPSA) is 35.5 Å². The van der Waals surface area contributed by atoms with E-state index in [1.807, 2.05) is 6.08 Å². The Labute approximate surface area is 139 Å². The van der Waals surface area contributed by atoms with Gasteiger partial charge in [0.2, 0.25) is 0 Å². The first-order valence-electron chi connectivity index (χ1n) is 7.51. The largest absolute Gasteiger partial charge is 0.467 e. The summed E-state index contributed by atoms with van der Waals surface area (Å²) < 4.78 is 23.7. The Morgan fingerprint density at radius 2 is 1.91 bits per heavy atom. The van der Waals surface area contributed by atoms with Crippen molar-refractivity contribution in [1.82, 2.24) is 0 Å². The zero-order valence-electron chi connectivity index (χ0n) is 13.0. The maximum Gasteiger partial charge on any atom is 0.334 e. The maximum absolute atomic E-state index is 13.3. The molecule has 23 heavy (non-hydrogen) atoms. The number of carbonyl (C=O) groups is 1. The molecule has 5 heteroatoms. The van der Waals surface area contributed by atoms with Crippen molar-refractivity contribution in [2.45, 2.75) is 23.8 Å². The average molecular weight is 337 g/mol. The number of rotatable bonds is 4. The van der Waals surface area contributed by atoms with Crippen LogP contribution in [0.25, 0.3) is 5.57 Å². The molecule has 0 aromatic heterocycles. The van der Waals surface area contributed by atoms with Gasteiger partial charge in [-0.1, -0.05) is 35.9 Å². The minimum atomic E-state index is -1.48. The molecule has 2 unspecified atom stereocenters. The van der Waals surface area contributed by atoms with Gasteiger partial charge in [-0.25, -0.2) is 9.18 Å². The minimum Gasteiger partial charge on any atom is -0.467 e. The van der Waals surface area contributed by atoms with Gasteiger partial charge < -0.3 is 9.47 Å². The van der Waals surface area contributed by atoms with Crippen LogP contribution < -0.4 is 0 Å². The first kappa shape index (κ1) is 16.2. The van der Waals surface area contributed by atoms with E-state index in [0.29, 0.717) is 17.1 Å². The van der Waals surface area contributed by atoms with E-state index in [4.69, 9.17) is 21.1 Å². The Bertz CT molecular complexity index is 676. The monoisotopic (exact) mass is 336 g/mol. The van der Waals surface area contributed by atoms with Gasteiger partial charge in [-0.05, 0) is 47.6 Å². The third-order valence-corrected chi connectivity index (χ3v) is 4.94. The van der Waals surface area contributed by atoms with Gasteiger partial charge in [0.1, 0.15) is 11.9 Å². The number of benzene rings is 1. The van der Waals surface area contributed by atoms with Gasteiger partial charge >= 0.3 is 5.97 Å². The van der Waals surface area contributed by atoms with Crippen molar-refractivity contribution in [3.63, 3.8) is 0 Å². The van der Waals surface area contributed by atoms with Crippen molar-refractivity contribution in [2.24, 2.45) is 5.92 Å². The molecular weight excluding hydrogens is 319 g/mol.